The molecular weight excluding hydrogens is 512 g/mol. The Bertz CT molecular complexity index is 1250. The lowest BCUT2D eigenvalue weighted by Gasteiger charge is -2.28. The summed E-state index contributed by atoms with van der Waals surface area (Å²) in [6, 6.07) is 21.1. The second kappa shape index (κ2) is 9.35. The van der Waals surface area contributed by atoms with Crippen molar-refractivity contribution in [1.82, 2.24) is 4.31 Å². The van der Waals surface area contributed by atoms with Gasteiger partial charge in [-0.2, -0.15) is 4.31 Å². The summed E-state index contributed by atoms with van der Waals surface area (Å²) in [6.07, 6.45) is 0.742. The summed E-state index contributed by atoms with van der Waals surface area (Å²) in [5, 5.41) is 0.454. The molecule has 3 aromatic carbocycles. The number of benzene rings is 3. The quantitative estimate of drug-likeness (QED) is 0.434. The highest BCUT2D eigenvalue weighted by molar-refractivity contribution is 9.10. The zero-order chi connectivity index (χ0) is 22.9. The van der Waals surface area contributed by atoms with Gasteiger partial charge in [0.15, 0.2) is 0 Å². The highest BCUT2D eigenvalue weighted by Gasteiger charge is 2.34. The Morgan fingerprint density at radius 2 is 1.72 bits per heavy atom. The number of nitrogens with zero attached hydrogens (tertiary/aromatic N) is 2. The second-order valence-corrected chi connectivity index (χ2v) is 11.0. The van der Waals surface area contributed by atoms with Gasteiger partial charge in [0.2, 0.25) is 15.9 Å². The van der Waals surface area contributed by atoms with Crippen LogP contribution in [0.5, 0.6) is 0 Å². The summed E-state index contributed by atoms with van der Waals surface area (Å²) < 4.78 is 29.0. The number of carbonyl (C=O) groups excluding carboxylic acids is 1. The largest absolute Gasteiger partial charge is 0.308 e. The average Bonchev–Trinajstić information content (AvgIpc) is 3.10. The fourth-order valence-electron chi connectivity index (χ4n) is 3.97. The molecule has 0 unspecified atom stereocenters. The van der Waals surface area contributed by atoms with Crippen LogP contribution in [0.3, 0.4) is 0 Å². The minimum absolute atomic E-state index is 0.00627. The molecule has 8 heteroatoms. The van der Waals surface area contributed by atoms with E-state index in [-0.39, 0.29) is 29.9 Å². The van der Waals surface area contributed by atoms with Crippen LogP contribution in [0.25, 0.3) is 0 Å². The van der Waals surface area contributed by atoms with Gasteiger partial charge < -0.3 is 4.90 Å². The van der Waals surface area contributed by atoms with E-state index in [0.29, 0.717) is 10.6 Å². The van der Waals surface area contributed by atoms with E-state index < -0.39 is 10.0 Å². The summed E-state index contributed by atoms with van der Waals surface area (Å²) in [4.78, 5) is 15.2. The monoisotopic (exact) mass is 532 g/mol. The van der Waals surface area contributed by atoms with E-state index in [0.717, 1.165) is 22.1 Å². The first kappa shape index (κ1) is 23.0. The highest BCUT2D eigenvalue weighted by Crippen LogP contribution is 2.32. The number of amides is 1. The van der Waals surface area contributed by atoms with Crippen molar-refractivity contribution < 1.29 is 13.2 Å². The number of anilines is 1. The van der Waals surface area contributed by atoms with Gasteiger partial charge in [-0.05, 0) is 60.9 Å². The summed E-state index contributed by atoms with van der Waals surface area (Å²) >= 11 is 9.65. The molecule has 3 aromatic rings. The van der Waals surface area contributed by atoms with E-state index in [1.807, 2.05) is 31.2 Å². The molecule has 0 bridgehead atoms. The number of halogens is 2. The molecule has 0 saturated carbocycles. The smallest absolute Gasteiger partial charge is 0.243 e. The Kier molecular flexibility index (Phi) is 6.72. The summed E-state index contributed by atoms with van der Waals surface area (Å²) in [5.41, 5.74) is 2.56. The zero-order valence-corrected chi connectivity index (χ0v) is 20.6. The van der Waals surface area contributed by atoms with Crippen molar-refractivity contribution in [1.29, 1.82) is 0 Å². The predicted molar refractivity (Wildman–Crippen MR) is 130 cm³/mol. The molecule has 1 aliphatic rings. The van der Waals surface area contributed by atoms with Crippen molar-refractivity contribution in [3.63, 3.8) is 0 Å². The fourth-order valence-corrected chi connectivity index (χ4v) is 5.80. The normalized spacial score (nSPS) is 15.8. The van der Waals surface area contributed by atoms with E-state index >= 15 is 0 Å². The first-order valence-corrected chi connectivity index (χ1v) is 12.8. The molecule has 32 heavy (non-hydrogen) atoms. The van der Waals surface area contributed by atoms with Gasteiger partial charge in [-0.15, -0.1) is 0 Å². The SMILES string of the molecule is C[C@H]1Cc2ccccc2N1C(=O)CN(Cc1ccccc1Cl)S(=O)(=O)c1ccc(Br)cc1. The third kappa shape index (κ3) is 4.62. The standard InChI is InChI=1S/C24H22BrClN2O3S/c1-17-14-18-6-3-5-9-23(18)28(17)24(29)16-27(15-19-7-2-4-8-22(19)26)32(30,31)21-12-10-20(25)11-13-21/h2-13,17H,14-16H2,1H3/t17-/m0/s1. The Hall–Kier alpha value is -2.19. The molecule has 0 N–H and O–H groups in total. The van der Waals surface area contributed by atoms with Crippen LogP contribution in [0.1, 0.15) is 18.1 Å². The van der Waals surface area contributed by atoms with E-state index in [4.69, 9.17) is 11.6 Å². The van der Waals surface area contributed by atoms with Gasteiger partial charge >= 0.3 is 0 Å². The molecule has 1 amide bonds. The van der Waals surface area contributed by atoms with E-state index in [9.17, 15) is 13.2 Å². The number of sulfonamides is 1. The lowest BCUT2D eigenvalue weighted by atomic mass is 10.1. The number of para-hydroxylation sites is 1. The van der Waals surface area contributed by atoms with Gasteiger partial charge in [-0.3, -0.25) is 4.79 Å². The fraction of sp³-hybridized carbons (Fsp3) is 0.208. The lowest BCUT2D eigenvalue weighted by Crippen LogP contribution is -2.44. The molecule has 1 atom stereocenters. The highest BCUT2D eigenvalue weighted by atomic mass is 79.9. The molecule has 166 valence electrons. The molecule has 0 radical (unpaired) electrons. The second-order valence-electron chi connectivity index (χ2n) is 7.76. The van der Waals surface area contributed by atoms with Crippen LogP contribution < -0.4 is 4.90 Å². The van der Waals surface area contributed by atoms with Crippen molar-refractivity contribution in [2.45, 2.75) is 30.8 Å². The van der Waals surface area contributed by atoms with Crippen LogP contribution in [0.4, 0.5) is 5.69 Å². The maximum Gasteiger partial charge on any atom is 0.243 e. The minimum Gasteiger partial charge on any atom is -0.308 e. The topological polar surface area (TPSA) is 57.7 Å². The Labute approximate surface area is 201 Å². The number of hydrogen-bond acceptors (Lipinski definition) is 3. The van der Waals surface area contributed by atoms with Crippen LogP contribution >= 0.6 is 27.5 Å². The Morgan fingerprint density at radius 1 is 1.06 bits per heavy atom. The minimum atomic E-state index is -3.95. The summed E-state index contributed by atoms with van der Waals surface area (Å²) in [5.74, 6) is -0.268. The number of hydrogen-bond donors (Lipinski definition) is 0. The van der Waals surface area contributed by atoms with Crippen molar-refractivity contribution in [3.8, 4) is 0 Å². The molecule has 1 aliphatic heterocycles. The Balaban J connectivity index is 1.69. The van der Waals surface area contributed by atoms with Crippen molar-refractivity contribution in [2.24, 2.45) is 0 Å². The van der Waals surface area contributed by atoms with E-state index in [1.165, 1.54) is 16.4 Å². The Morgan fingerprint density at radius 3 is 2.44 bits per heavy atom. The van der Waals surface area contributed by atoms with Crippen molar-refractivity contribution in [2.75, 3.05) is 11.4 Å². The zero-order valence-electron chi connectivity index (χ0n) is 17.4. The molecule has 0 fully saturated rings. The number of rotatable bonds is 6. The summed E-state index contributed by atoms with van der Waals surface area (Å²) in [7, 11) is -3.95. The molecule has 0 saturated heterocycles. The van der Waals surface area contributed by atoms with Crippen LogP contribution in [0.15, 0.2) is 82.2 Å². The van der Waals surface area contributed by atoms with E-state index in [1.54, 1.807) is 41.3 Å². The third-order valence-corrected chi connectivity index (χ3v) is 8.25. The van der Waals surface area contributed by atoms with Gasteiger partial charge in [0.05, 0.1) is 11.4 Å². The summed E-state index contributed by atoms with van der Waals surface area (Å²) in [6.45, 7) is 1.68. The van der Waals surface area contributed by atoms with Crippen molar-refractivity contribution in [3.05, 3.63) is 93.4 Å². The molecule has 0 aliphatic carbocycles. The number of carbonyl (C=O) groups is 1. The van der Waals surface area contributed by atoms with Gasteiger partial charge in [0, 0.05) is 27.8 Å². The number of fused-ring (bicyclic) bond motifs is 1. The van der Waals surface area contributed by atoms with Gasteiger partial charge in [-0.1, -0.05) is 63.9 Å². The van der Waals surface area contributed by atoms with Crippen molar-refractivity contribution >= 4 is 49.1 Å². The third-order valence-electron chi connectivity index (χ3n) is 5.54. The van der Waals surface area contributed by atoms with E-state index in [2.05, 4.69) is 15.9 Å². The predicted octanol–water partition coefficient (Wildman–Crippen LogP) is 5.27. The van der Waals surface area contributed by atoms with Gasteiger partial charge in [0.1, 0.15) is 0 Å². The van der Waals surface area contributed by atoms with Gasteiger partial charge in [0.25, 0.3) is 0 Å². The van der Waals surface area contributed by atoms with Gasteiger partial charge in [-0.25, -0.2) is 8.42 Å². The lowest BCUT2D eigenvalue weighted by molar-refractivity contribution is -0.119. The van der Waals surface area contributed by atoms with Crippen LogP contribution in [0, 0.1) is 0 Å². The maximum absolute atomic E-state index is 13.5. The van der Waals surface area contributed by atoms with Crippen LogP contribution in [0.2, 0.25) is 5.02 Å². The van der Waals surface area contributed by atoms with Crippen LogP contribution in [-0.4, -0.2) is 31.2 Å². The maximum atomic E-state index is 13.5. The molecular formula is C24H22BrClN2O3S. The molecule has 4 rings (SSSR count). The molecule has 0 aromatic heterocycles. The first-order valence-electron chi connectivity index (χ1n) is 10.2. The first-order chi connectivity index (χ1) is 15.3. The van der Waals surface area contributed by atoms with Crippen LogP contribution in [-0.2, 0) is 27.8 Å². The molecule has 0 spiro atoms. The molecule has 1 heterocycles. The molecule has 5 nitrogen and oxygen atoms in total. The average molecular weight is 534 g/mol.